The van der Waals surface area contributed by atoms with Gasteiger partial charge >= 0.3 is 0 Å². The summed E-state index contributed by atoms with van der Waals surface area (Å²) in [6.07, 6.45) is 6.49. The molecule has 0 bridgehead atoms. The molecular weight excluding hydrogens is 196 g/mol. The fourth-order valence-electron chi connectivity index (χ4n) is 2.13. The van der Waals surface area contributed by atoms with Crippen LogP contribution in [0.1, 0.15) is 29.5 Å². The molecule has 0 saturated heterocycles. The van der Waals surface area contributed by atoms with Crippen molar-refractivity contribution in [2.75, 3.05) is 7.11 Å². The highest BCUT2D eigenvalue weighted by molar-refractivity contribution is 5.72. The Bertz CT molecular complexity index is 453. The molecule has 1 nitrogen and oxygen atoms in total. The summed E-state index contributed by atoms with van der Waals surface area (Å²) >= 11 is 0. The van der Waals surface area contributed by atoms with Crippen molar-refractivity contribution >= 4 is 5.57 Å². The van der Waals surface area contributed by atoms with E-state index in [4.69, 9.17) is 4.74 Å². The van der Waals surface area contributed by atoms with E-state index in [1.54, 1.807) is 7.11 Å². The lowest BCUT2D eigenvalue weighted by atomic mass is 9.91. The number of benzene rings is 1. The Labute approximate surface area is 97.4 Å². The summed E-state index contributed by atoms with van der Waals surface area (Å²) in [5, 5.41) is 0. The van der Waals surface area contributed by atoms with Crippen molar-refractivity contribution in [2.45, 2.75) is 26.7 Å². The second kappa shape index (κ2) is 4.56. The first-order valence-electron chi connectivity index (χ1n) is 5.73. The van der Waals surface area contributed by atoms with Crippen molar-refractivity contribution < 1.29 is 4.74 Å². The van der Waals surface area contributed by atoms with E-state index in [0.29, 0.717) is 0 Å². The zero-order chi connectivity index (χ0) is 11.5. The van der Waals surface area contributed by atoms with Gasteiger partial charge in [0.05, 0.1) is 7.11 Å². The predicted octanol–water partition coefficient (Wildman–Crippen LogP) is 4.01. The third-order valence-corrected chi connectivity index (χ3v) is 3.26. The van der Waals surface area contributed by atoms with Gasteiger partial charge in [-0.3, -0.25) is 0 Å². The molecule has 0 heterocycles. The normalized spacial score (nSPS) is 15.4. The molecule has 1 aliphatic carbocycles. The summed E-state index contributed by atoms with van der Waals surface area (Å²) in [6.45, 7) is 4.35. The van der Waals surface area contributed by atoms with Crippen LogP contribution in [0.15, 0.2) is 36.1 Å². The fourth-order valence-corrected chi connectivity index (χ4v) is 2.13. The summed E-state index contributed by atoms with van der Waals surface area (Å²) in [5.41, 5.74) is 5.49. The topological polar surface area (TPSA) is 9.23 Å². The van der Waals surface area contributed by atoms with Gasteiger partial charge in [-0.1, -0.05) is 18.2 Å². The minimum absolute atomic E-state index is 0.988. The molecule has 0 spiro atoms. The van der Waals surface area contributed by atoms with Crippen LogP contribution in [0, 0.1) is 13.8 Å². The first-order valence-corrected chi connectivity index (χ1v) is 5.73. The van der Waals surface area contributed by atoms with E-state index in [9.17, 15) is 0 Å². The van der Waals surface area contributed by atoms with Gasteiger partial charge in [-0.05, 0) is 61.1 Å². The molecule has 0 unspecified atom stereocenters. The van der Waals surface area contributed by atoms with Crippen LogP contribution in [0.25, 0.3) is 5.57 Å². The standard InChI is InChI=1S/C15H18O/c1-11-6-4-9-15(12(11)2)13-7-5-8-14(10-13)16-3/h4,6,8-10H,5,7H2,1-3H3. The monoisotopic (exact) mass is 214 g/mol. The van der Waals surface area contributed by atoms with Crippen molar-refractivity contribution in [3.8, 4) is 0 Å². The van der Waals surface area contributed by atoms with Crippen molar-refractivity contribution in [1.82, 2.24) is 0 Å². The average Bonchev–Trinajstić information content (AvgIpc) is 2.33. The lowest BCUT2D eigenvalue weighted by Crippen LogP contribution is -1.97. The number of aryl methyl sites for hydroxylation is 1. The molecule has 0 aromatic heterocycles. The maximum Gasteiger partial charge on any atom is 0.115 e. The molecule has 16 heavy (non-hydrogen) atoms. The number of hydrogen-bond donors (Lipinski definition) is 0. The molecule has 1 aliphatic rings. The van der Waals surface area contributed by atoms with Crippen molar-refractivity contribution in [2.24, 2.45) is 0 Å². The van der Waals surface area contributed by atoms with Crippen molar-refractivity contribution in [1.29, 1.82) is 0 Å². The van der Waals surface area contributed by atoms with Gasteiger partial charge in [-0.2, -0.15) is 0 Å². The van der Waals surface area contributed by atoms with Crippen LogP contribution in [-0.2, 0) is 4.74 Å². The summed E-state index contributed by atoms with van der Waals surface area (Å²) in [4.78, 5) is 0. The molecule has 1 heteroatoms. The minimum atomic E-state index is 0.988. The van der Waals surface area contributed by atoms with Gasteiger partial charge in [-0.15, -0.1) is 0 Å². The molecule has 2 rings (SSSR count). The van der Waals surface area contributed by atoms with Gasteiger partial charge < -0.3 is 4.74 Å². The maximum atomic E-state index is 5.30. The predicted molar refractivity (Wildman–Crippen MR) is 68.2 cm³/mol. The molecule has 1 aromatic carbocycles. The van der Waals surface area contributed by atoms with E-state index >= 15 is 0 Å². The molecule has 0 saturated carbocycles. The zero-order valence-electron chi connectivity index (χ0n) is 10.2. The molecule has 0 atom stereocenters. The Kier molecular flexibility index (Phi) is 3.14. The van der Waals surface area contributed by atoms with Gasteiger partial charge in [0.2, 0.25) is 0 Å². The van der Waals surface area contributed by atoms with E-state index < -0.39 is 0 Å². The quantitative estimate of drug-likeness (QED) is 0.722. The Hall–Kier alpha value is -1.50. The fraction of sp³-hybridized carbons (Fsp3) is 0.333. The summed E-state index contributed by atoms with van der Waals surface area (Å²) in [5.74, 6) is 0.988. The molecule has 84 valence electrons. The van der Waals surface area contributed by atoms with Gasteiger partial charge in [0.25, 0.3) is 0 Å². The SMILES string of the molecule is COC1=CCCC(c2cccc(C)c2C)=C1. The smallest absolute Gasteiger partial charge is 0.115 e. The van der Waals surface area contributed by atoms with E-state index in [2.05, 4.69) is 44.2 Å². The van der Waals surface area contributed by atoms with Crippen LogP contribution in [-0.4, -0.2) is 7.11 Å². The van der Waals surface area contributed by atoms with Crippen LogP contribution in [0.4, 0.5) is 0 Å². The Morgan fingerprint density at radius 2 is 2.00 bits per heavy atom. The highest BCUT2D eigenvalue weighted by Crippen LogP contribution is 2.29. The number of methoxy groups -OCH3 is 1. The highest BCUT2D eigenvalue weighted by Gasteiger charge is 2.10. The van der Waals surface area contributed by atoms with Crippen LogP contribution in [0.5, 0.6) is 0 Å². The third-order valence-electron chi connectivity index (χ3n) is 3.26. The molecule has 1 aromatic rings. The molecular formula is C15H18O. The number of allylic oxidation sites excluding steroid dienone is 3. The largest absolute Gasteiger partial charge is 0.497 e. The Morgan fingerprint density at radius 1 is 1.19 bits per heavy atom. The van der Waals surface area contributed by atoms with Crippen LogP contribution < -0.4 is 0 Å². The first kappa shape index (κ1) is 11.0. The third kappa shape index (κ3) is 2.04. The van der Waals surface area contributed by atoms with Crippen LogP contribution in [0.2, 0.25) is 0 Å². The Morgan fingerprint density at radius 3 is 2.75 bits per heavy atom. The van der Waals surface area contributed by atoms with Gasteiger partial charge in [0.15, 0.2) is 0 Å². The summed E-state index contributed by atoms with van der Waals surface area (Å²) in [7, 11) is 1.73. The highest BCUT2D eigenvalue weighted by atomic mass is 16.5. The average molecular weight is 214 g/mol. The number of hydrogen-bond acceptors (Lipinski definition) is 1. The Balaban J connectivity index is 2.41. The molecule has 0 aliphatic heterocycles. The van der Waals surface area contributed by atoms with E-state index in [1.807, 2.05) is 0 Å². The summed E-state index contributed by atoms with van der Waals surface area (Å²) < 4.78 is 5.30. The van der Waals surface area contributed by atoms with E-state index in [-0.39, 0.29) is 0 Å². The summed E-state index contributed by atoms with van der Waals surface area (Å²) in [6, 6.07) is 6.49. The van der Waals surface area contributed by atoms with Gasteiger partial charge in [-0.25, -0.2) is 0 Å². The first-order chi connectivity index (χ1) is 7.72. The second-order valence-corrected chi connectivity index (χ2v) is 4.27. The lowest BCUT2D eigenvalue weighted by Gasteiger charge is -2.16. The van der Waals surface area contributed by atoms with Crippen LogP contribution >= 0.6 is 0 Å². The molecule has 0 fully saturated rings. The van der Waals surface area contributed by atoms with Crippen molar-refractivity contribution in [3.05, 3.63) is 52.8 Å². The zero-order valence-corrected chi connectivity index (χ0v) is 10.2. The number of rotatable bonds is 2. The maximum absolute atomic E-state index is 5.30. The lowest BCUT2D eigenvalue weighted by molar-refractivity contribution is 0.304. The second-order valence-electron chi connectivity index (χ2n) is 4.27. The molecule has 0 radical (unpaired) electrons. The van der Waals surface area contributed by atoms with Crippen LogP contribution in [0.3, 0.4) is 0 Å². The minimum Gasteiger partial charge on any atom is -0.497 e. The van der Waals surface area contributed by atoms with Gasteiger partial charge in [0, 0.05) is 0 Å². The van der Waals surface area contributed by atoms with Crippen molar-refractivity contribution in [3.63, 3.8) is 0 Å². The van der Waals surface area contributed by atoms with E-state index in [1.165, 1.54) is 22.3 Å². The molecule has 0 amide bonds. The van der Waals surface area contributed by atoms with E-state index in [0.717, 1.165) is 18.6 Å². The number of ether oxygens (including phenoxy) is 1. The van der Waals surface area contributed by atoms with Gasteiger partial charge in [0.1, 0.15) is 5.76 Å². The molecule has 0 N–H and O–H groups in total.